The number of ether oxygens (including phenoxy) is 2. The van der Waals surface area contributed by atoms with Crippen LogP contribution in [0.3, 0.4) is 0 Å². The first kappa shape index (κ1) is 18.1. The molecule has 0 unspecified atom stereocenters. The maximum Gasteiger partial charge on any atom is 0.401 e. The SMILES string of the molecule is O=C(c1cc(Cl)c2c(c1)OCCO2)N1CCCN(CC(F)(F)F)CC1. The van der Waals surface area contributed by atoms with Gasteiger partial charge in [-0.2, -0.15) is 13.2 Å². The van der Waals surface area contributed by atoms with E-state index in [1.807, 2.05) is 0 Å². The van der Waals surface area contributed by atoms with Crippen LogP contribution in [0.15, 0.2) is 12.1 Å². The Kier molecular flexibility index (Phi) is 5.29. The molecular weight excluding hydrogens is 361 g/mol. The zero-order valence-electron chi connectivity index (χ0n) is 13.4. The average Bonchev–Trinajstić information content (AvgIpc) is 2.78. The molecule has 1 amide bonds. The Hall–Kier alpha value is -1.67. The van der Waals surface area contributed by atoms with E-state index in [9.17, 15) is 18.0 Å². The first-order valence-electron chi connectivity index (χ1n) is 8.01. The second-order valence-electron chi connectivity index (χ2n) is 6.02. The third-order valence-electron chi connectivity index (χ3n) is 4.12. The van der Waals surface area contributed by atoms with Gasteiger partial charge >= 0.3 is 6.18 Å². The summed E-state index contributed by atoms with van der Waals surface area (Å²) in [6.45, 7) is 0.943. The van der Waals surface area contributed by atoms with Gasteiger partial charge in [0.2, 0.25) is 0 Å². The molecule has 0 saturated carbocycles. The van der Waals surface area contributed by atoms with E-state index in [4.69, 9.17) is 21.1 Å². The van der Waals surface area contributed by atoms with E-state index in [-0.39, 0.29) is 24.0 Å². The Bertz CT molecular complexity index is 654. The van der Waals surface area contributed by atoms with Crippen LogP contribution in [0.25, 0.3) is 0 Å². The number of halogens is 4. The van der Waals surface area contributed by atoms with Crippen LogP contribution in [0.5, 0.6) is 11.5 Å². The minimum atomic E-state index is -4.23. The highest BCUT2D eigenvalue weighted by Crippen LogP contribution is 2.38. The maximum absolute atomic E-state index is 12.7. The van der Waals surface area contributed by atoms with Crippen LogP contribution in [-0.4, -0.2) is 67.8 Å². The van der Waals surface area contributed by atoms with Gasteiger partial charge in [0.25, 0.3) is 5.91 Å². The smallest absolute Gasteiger partial charge is 0.401 e. The van der Waals surface area contributed by atoms with Gasteiger partial charge in [-0.1, -0.05) is 11.6 Å². The lowest BCUT2D eigenvalue weighted by molar-refractivity contribution is -0.145. The topological polar surface area (TPSA) is 42.0 Å². The number of hydrogen-bond donors (Lipinski definition) is 0. The van der Waals surface area contributed by atoms with Crippen LogP contribution in [0.4, 0.5) is 13.2 Å². The molecule has 0 bridgehead atoms. The van der Waals surface area contributed by atoms with E-state index >= 15 is 0 Å². The minimum absolute atomic E-state index is 0.184. The molecule has 2 aliphatic rings. The van der Waals surface area contributed by atoms with Crippen molar-refractivity contribution in [1.29, 1.82) is 0 Å². The third-order valence-corrected chi connectivity index (χ3v) is 4.40. The summed E-state index contributed by atoms with van der Waals surface area (Å²) in [6.07, 6.45) is -3.75. The minimum Gasteiger partial charge on any atom is -0.486 e. The summed E-state index contributed by atoms with van der Waals surface area (Å²) < 4.78 is 48.5. The maximum atomic E-state index is 12.7. The molecule has 0 aromatic heterocycles. The summed E-state index contributed by atoms with van der Waals surface area (Å²) in [7, 11) is 0. The second kappa shape index (κ2) is 7.29. The highest BCUT2D eigenvalue weighted by Gasteiger charge is 2.32. The fourth-order valence-electron chi connectivity index (χ4n) is 3.00. The Balaban J connectivity index is 1.70. The van der Waals surface area contributed by atoms with Crippen molar-refractivity contribution >= 4 is 17.5 Å². The number of nitrogens with zero attached hydrogens (tertiary/aromatic N) is 2. The van der Waals surface area contributed by atoms with Crippen molar-refractivity contribution in [2.45, 2.75) is 12.6 Å². The third kappa shape index (κ3) is 4.49. The van der Waals surface area contributed by atoms with E-state index < -0.39 is 12.7 Å². The molecule has 138 valence electrons. The Morgan fingerprint density at radius 1 is 1.12 bits per heavy atom. The summed E-state index contributed by atoms with van der Waals surface area (Å²) in [5, 5.41) is 0.286. The number of benzene rings is 1. The first-order chi connectivity index (χ1) is 11.8. The molecule has 1 aromatic carbocycles. The van der Waals surface area contributed by atoms with E-state index in [0.717, 1.165) is 0 Å². The second-order valence-corrected chi connectivity index (χ2v) is 6.43. The molecule has 0 aliphatic carbocycles. The molecule has 0 N–H and O–H groups in total. The molecule has 0 spiro atoms. The molecule has 1 saturated heterocycles. The average molecular weight is 379 g/mol. The van der Waals surface area contributed by atoms with Gasteiger partial charge in [0.1, 0.15) is 13.2 Å². The van der Waals surface area contributed by atoms with Gasteiger partial charge in [0, 0.05) is 31.7 Å². The van der Waals surface area contributed by atoms with Crippen LogP contribution < -0.4 is 9.47 Å². The van der Waals surface area contributed by atoms with Crippen molar-refractivity contribution in [3.05, 3.63) is 22.7 Å². The fourth-order valence-corrected chi connectivity index (χ4v) is 3.27. The van der Waals surface area contributed by atoms with Crippen molar-refractivity contribution < 1.29 is 27.4 Å². The molecule has 9 heteroatoms. The lowest BCUT2D eigenvalue weighted by atomic mass is 10.1. The fraction of sp³-hybridized carbons (Fsp3) is 0.562. The van der Waals surface area contributed by atoms with Crippen LogP contribution in [0.2, 0.25) is 5.02 Å². The van der Waals surface area contributed by atoms with Gasteiger partial charge in [0.05, 0.1) is 11.6 Å². The summed E-state index contributed by atoms with van der Waals surface area (Å²) in [5.41, 5.74) is 0.346. The van der Waals surface area contributed by atoms with Crippen molar-refractivity contribution in [3.8, 4) is 11.5 Å². The summed E-state index contributed by atoms with van der Waals surface area (Å²) in [5.74, 6) is 0.556. The number of carbonyl (C=O) groups is 1. The molecule has 0 radical (unpaired) electrons. The normalized spacial score (nSPS) is 18.8. The lowest BCUT2D eigenvalue weighted by Crippen LogP contribution is -2.38. The van der Waals surface area contributed by atoms with Gasteiger partial charge in [-0.15, -0.1) is 0 Å². The van der Waals surface area contributed by atoms with E-state index in [2.05, 4.69) is 0 Å². The number of amides is 1. The Morgan fingerprint density at radius 3 is 2.64 bits per heavy atom. The van der Waals surface area contributed by atoms with E-state index in [0.29, 0.717) is 49.8 Å². The highest BCUT2D eigenvalue weighted by molar-refractivity contribution is 6.32. The van der Waals surface area contributed by atoms with Gasteiger partial charge in [-0.3, -0.25) is 9.69 Å². The number of alkyl halides is 3. The first-order valence-corrected chi connectivity index (χ1v) is 8.39. The summed E-state index contributed by atoms with van der Waals surface area (Å²) >= 11 is 6.15. The monoisotopic (exact) mass is 378 g/mol. The van der Waals surface area contributed by atoms with Gasteiger partial charge in [0.15, 0.2) is 11.5 Å². The summed E-state index contributed by atoms with van der Waals surface area (Å²) in [4.78, 5) is 15.6. The Labute approximate surface area is 148 Å². The Morgan fingerprint density at radius 2 is 1.88 bits per heavy atom. The van der Waals surface area contributed by atoms with Crippen LogP contribution in [0, 0.1) is 0 Å². The zero-order valence-corrected chi connectivity index (χ0v) is 14.2. The molecule has 3 rings (SSSR count). The molecule has 0 atom stereocenters. The molecular formula is C16H18ClF3N2O3. The van der Waals surface area contributed by atoms with Crippen LogP contribution in [-0.2, 0) is 0 Å². The number of hydrogen-bond acceptors (Lipinski definition) is 4. The molecule has 2 aliphatic heterocycles. The zero-order chi connectivity index (χ0) is 18.0. The number of carbonyl (C=O) groups excluding carboxylic acids is 1. The molecule has 2 heterocycles. The predicted molar refractivity (Wildman–Crippen MR) is 85.5 cm³/mol. The molecule has 1 fully saturated rings. The van der Waals surface area contributed by atoms with Gasteiger partial charge in [-0.05, 0) is 18.6 Å². The predicted octanol–water partition coefficient (Wildman–Crippen LogP) is 2.82. The molecule has 25 heavy (non-hydrogen) atoms. The molecule has 5 nitrogen and oxygen atoms in total. The van der Waals surface area contributed by atoms with Gasteiger partial charge in [-0.25, -0.2) is 0 Å². The van der Waals surface area contributed by atoms with Crippen LogP contribution in [0.1, 0.15) is 16.8 Å². The van der Waals surface area contributed by atoms with Crippen molar-refractivity contribution in [2.75, 3.05) is 45.9 Å². The van der Waals surface area contributed by atoms with E-state index in [1.54, 1.807) is 11.0 Å². The van der Waals surface area contributed by atoms with Gasteiger partial charge < -0.3 is 14.4 Å². The van der Waals surface area contributed by atoms with Crippen LogP contribution >= 0.6 is 11.6 Å². The largest absolute Gasteiger partial charge is 0.486 e. The standard InChI is InChI=1S/C16H18ClF3N2O3/c17-12-8-11(9-13-14(12)25-7-6-24-13)15(23)22-3-1-2-21(4-5-22)10-16(18,19)20/h8-9H,1-7,10H2. The number of rotatable bonds is 2. The lowest BCUT2D eigenvalue weighted by Gasteiger charge is -2.24. The summed E-state index contributed by atoms with van der Waals surface area (Å²) in [6, 6.07) is 3.08. The van der Waals surface area contributed by atoms with Crippen molar-refractivity contribution in [2.24, 2.45) is 0 Å². The van der Waals surface area contributed by atoms with E-state index in [1.165, 1.54) is 11.0 Å². The highest BCUT2D eigenvalue weighted by atomic mass is 35.5. The van der Waals surface area contributed by atoms with Crippen molar-refractivity contribution in [1.82, 2.24) is 9.80 Å². The quantitative estimate of drug-likeness (QED) is 0.793. The van der Waals surface area contributed by atoms with Crippen molar-refractivity contribution in [3.63, 3.8) is 0 Å². The number of fused-ring (bicyclic) bond motifs is 1. The molecule has 1 aromatic rings.